The summed E-state index contributed by atoms with van der Waals surface area (Å²) in [6.45, 7) is 7.94. The number of carbonyl (C=O) groups excluding carboxylic acids is 1. The lowest BCUT2D eigenvalue weighted by Crippen LogP contribution is -2.16. The first-order chi connectivity index (χ1) is 5.16. The fraction of sp³-hybridized carbons (Fsp3) is 0.700. The maximum absolute atomic E-state index is 11.2. The van der Waals surface area contributed by atoms with E-state index in [1.165, 1.54) is 0 Å². The summed E-state index contributed by atoms with van der Waals surface area (Å²) in [5.41, 5.74) is 0. The Kier molecular flexibility index (Phi) is 2.48. The second-order valence-corrected chi connectivity index (χ2v) is 3.55. The highest BCUT2D eigenvalue weighted by Crippen LogP contribution is 2.34. The molecule has 0 bridgehead atoms. The average molecular weight is 152 g/mol. The molecular weight excluding hydrogens is 136 g/mol. The quantitative estimate of drug-likeness (QED) is 0.555. The van der Waals surface area contributed by atoms with Crippen molar-refractivity contribution in [3.63, 3.8) is 0 Å². The van der Waals surface area contributed by atoms with Gasteiger partial charge in [0, 0.05) is 12.3 Å². The molecule has 0 unspecified atom stereocenters. The smallest absolute Gasteiger partial charge is 0.136 e. The topological polar surface area (TPSA) is 17.1 Å². The van der Waals surface area contributed by atoms with Crippen molar-refractivity contribution >= 4 is 5.78 Å². The predicted octanol–water partition coefficient (Wildman–Crippen LogP) is 2.42. The molecule has 0 aromatic heterocycles. The average Bonchev–Trinajstić information content (AvgIpc) is 2.32. The molecule has 1 fully saturated rings. The summed E-state index contributed by atoms with van der Waals surface area (Å²) in [5.74, 6) is 1.75. The molecule has 1 aliphatic rings. The van der Waals surface area contributed by atoms with Gasteiger partial charge in [-0.1, -0.05) is 19.9 Å². The Morgan fingerprint density at radius 2 is 2.36 bits per heavy atom. The van der Waals surface area contributed by atoms with Crippen LogP contribution in [-0.2, 0) is 4.79 Å². The molecule has 0 spiro atoms. The first kappa shape index (κ1) is 8.51. The molecule has 1 heteroatoms. The first-order valence-corrected chi connectivity index (χ1v) is 4.32. The van der Waals surface area contributed by atoms with Crippen LogP contribution >= 0.6 is 0 Å². The molecular formula is C10H16O. The van der Waals surface area contributed by atoms with Crippen molar-refractivity contribution in [2.24, 2.45) is 17.8 Å². The van der Waals surface area contributed by atoms with E-state index in [2.05, 4.69) is 13.5 Å². The molecule has 1 aliphatic carbocycles. The molecule has 0 saturated heterocycles. The largest absolute Gasteiger partial charge is 0.299 e. The van der Waals surface area contributed by atoms with Crippen molar-refractivity contribution in [2.75, 3.05) is 0 Å². The fourth-order valence-electron chi connectivity index (χ4n) is 1.92. The maximum Gasteiger partial charge on any atom is 0.136 e. The van der Waals surface area contributed by atoms with Gasteiger partial charge in [-0.15, -0.1) is 6.58 Å². The Balaban J connectivity index is 2.61. The van der Waals surface area contributed by atoms with Gasteiger partial charge in [-0.25, -0.2) is 0 Å². The van der Waals surface area contributed by atoms with Crippen LogP contribution in [0.5, 0.6) is 0 Å². The maximum atomic E-state index is 11.2. The lowest BCUT2D eigenvalue weighted by molar-refractivity contribution is -0.120. The number of ketones is 1. The molecule has 3 atom stereocenters. The highest BCUT2D eigenvalue weighted by molar-refractivity contribution is 5.83. The van der Waals surface area contributed by atoms with Crippen LogP contribution in [0, 0.1) is 17.8 Å². The highest BCUT2D eigenvalue weighted by atomic mass is 16.1. The molecule has 0 radical (unpaired) electrons. The van der Waals surface area contributed by atoms with E-state index < -0.39 is 0 Å². The minimum Gasteiger partial charge on any atom is -0.299 e. The van der Waals surface area contributed by atoms with E-state index >= 15 is 0 Å². The van der Waals surface area contributed by atoms with Gasteiger partial charge in [0.15, 0.2) is 0 Å². The monoisotopic (exact) mass is 152 g/mol. The van der Waals surface area contributed by atoms with Crippen LogP contribution in [0.25, 0.3) is 0 Å². The van der Waals surface area contributed by atoms with Crippen LogP contribution in [0.3, 0.4) is 0 Å². The first-order valence-electron chi connectivity index (χ1n) is 4.32. The van der Waals surface area contributed by atoms with Crippen LogP contribution in [0.4, 0.5) is 0 Å². The Morgan fingerprint density at radius 3 is 2.73 bits per heavy atom. The summed E-state index contributed by atoms with van der Waals surface area (Å²) in [4.78, 5) is 11.2. The van der Waals surface area contributed by atoms with Crippen molar-refractivity contribution < 1.29 is 4.79 Å². The molecule has 0 heterocycles. The Labute approximate surface area is 68.5 Å². The fourth-order valence-corrected chi connectivity index (χ4v) is 1.92. The molecule has 1 saturated carbocycles. The molecule has 62 valence electrons. The number of rotatable bonds is 2. The van der Waals surface area contributed by atoms with E-state index in [4.69, 9.17) is 0 Å². The Hall–Kier alpha value is -0.590. The van der Waals surface area contributed by atoms with E-state index in [9.17, 15) is 4.79 Å². The standard InChI is InChI=1S/C10H16O/c1-4-7(2)9-5-6-10(11)8(9)3/h4,7-9H,1,5-6H2,2-3H3/t7-,8-,9-/m1/s1. The Bertz CT molecular complexity index is 172. The highest BCUT2D eigenvalue weighted by Gasteiger charge is 2.32. The van der Waals surface area contributed by atoms with Crippen LogP contribution in [-0.4, -0.2) is 5.78 Å². The molecule has 0 aromatic rings. The van der Waals surface area contributed by atoms with E-state index in [0.29, 0.717) is 17.6 Å². The number of carbonyl (C=O) groups is 1. The molecule has 1 rings (SSSR count). The molecule has 0 aromatic carbocycles. The second kappa shape index (κ2) is 3.21. The van der Waals surface area contributed by atoms with E-state index in [1.54, 1.807) is 0 Å². The van der Waals surface area contributed by atoms with Crippen molar-refractivity contribution in [3.8, 4) is 0 Å². The third-order valence-corrected chi connectivity index (χ3v) is 2.92. The summed E-state index contributed by atoms with van der Waals surface area (Å²) in [7, 11) is 0. The lowest BCUT2D eigenvalue weighted by atomic mass is 9.86. The van der Waals surface area contributed by atoms with Gasteiger partial charge in [-0.3, -0.25) is 4.79 Å². The van der Waals surface area contributed by atoms with Gasteiger partial charge in [0.25, 0.3) is 0 Å². The number of allylic oxidation sites excluding steroid dienone is 1. The van der Waals surface area contributed by atoms with Crippen molar-refractivity contribution in [1.82, 2.24) is 0 Å². The van der Waals surface area contributed by atoms with E-state index in [1.807, 2.05) is 13.0 Å². The Morgan fingerprint density at radius 1 is 1.73 bits per heavy atom. The van der Waals surface area contributed by atoms with Gasteiger partial charge < -0.3 is 0 Å². The lowest BCUT2D eigenvalue weighted by Gasteiger charge is -2.18. The second-order valence-electron chi connectivity index (χ2n) is 3.55. The number of Topliss-reactive ketones (excluding diaryl/α,β-unsaturated/α-hetero) is 1. The minimum absolute atomic E-state index is 0.267. The van der Waals surface area contributed by atoms with Gasteiger partial charge >= 0.3 is 0 Å². The molecule has 11 heavy (non-hydrogen) atoms. The third-order valence-electron chi connectivity index (χ3n) is 2.92. The van der Waals surface area contributed by atoms with Gasteiger partial charge in [-0.05, 0) is 18.3 Å². The SMILES string of the molecule is C=C[C@@H](C)[C@H]1CCC(=O)[C@@H]1C. The van der Waals surface area contributed by atoms with E-state index in [-0.39, 0.29) is 5.92 Å². The summed E-state index contributed by atoms with van der Waals surface area (Å²) in [5, 5.41) is 0. The van der Waals surface area contributed by atoms with Gasteiger partial charge in [0.2, 0.25) is 0 Å². The van der Waals surface area contributed by atoms with Gasteiger partial charge in [0.1, 0.15) is 5.78 Å². The van der Waals surface area contributed by atoms with Crippen LogP contribution in [0.1, 0.15) is 26.7 Å². The van der Waals surface area contributed by atoms with Crippen molar-refractivity contribution in [3.05, 3.63) is 12.7 Å². The summed E-state index contributed by atoms with van der Waals surface area (Å²) < 4.78 is 0. The number of hydrogen-bond donors (Lipinski definition) is 0. The van der Waals surface area contributed by atoms with Gasteiger partial charge in [-0.2, -0.15) is 0 Å². The predicted molar refractivity (Wildman–Crippen MR) is 46.3 cm³/mol. The zero-order chi connectivity index (χ0) is 8.43. The third kappa shape index (κ3) is 1.52. The zero-order valence-electron chi connectivity index (χ0n) is 7.34. The van der Waals surface area contributed by atoms with Crippen LogP contribution in [0.15, 0.2) is 12.7 Å². The molecule has 1 nitrogen and oxygen atoms in total. The zero-order valence-corrected chi connectivity index (χ0v) is 7.34. The van der Waals surface area contributed by atoms with Crippen LogP contribution < -0.4 is 0 Å². The minimum atomic E-state index is 0.267. The summed E-state index contributed by atoms with van der Waals surface area (Å²) in [6.07, 6.45) is 3.80. The van der Waals surface area contributed by atoms with E-state index in [0.717, 1.165) is 12.8 Å². The van der Waals surface area contributed by atoms with Crippen LogP contribution in [0.2, 0.25) is 0 Å². The summed E-state index contributed by atoms with van der Waals surface area (Å²) in [6, 6.07) is 0. The normalized spacial score (nSPS) is 33.8. The number of hydrogen-bond acceptors (Lipinski definition) is 1. The van der Waals surface area contributed by atoms with Crippen molar-refractivity contribution in [2.45, 2.75) is 26.7 Å². The molecule has 0 N–H and O–H groups in total. The molecule has 0 amide bonds. The molecule has 0 aliphatic heterocycles. The van der Waals surface area contributed by atoms with Gasteiger partial charge in [0.05, 0.1) is 0 Å². The summed E-state index contributed by atoms with van der Waals surface area (Å²) >= 11 is 0. The van der Waals surface area contributed by atoms with Crippen molar-refractivity contribution in [1.29, 1.82) is 0 Å².